The highest BCUT2D eigenvalue weighted by Crippen LogP contribution is 2.09. The van der Waals surface area contributed by atoms with Crippen LogP contribution < -0.4 is 10.6 Å². The Morgan fingerprint density at radius 2 is 2.26 bits per heavy atom. The van der Waals surface area contributed by atoms with Crippen LogP contribution in [0.2, 0.25) is 0 Å². The topological polar surface area (TPSA) is 91.3 Å². The van der Waals surface area contributed by atoms with Gasteiger partial charge in [-0.3, -0.25) is 0 Å². The zero-order chi connectivity index (χ0) is 14.3. The van der Waals surface area contributed by atoms with E-state index >= 15 is 0 Å². The molecule has 2 amide bonds. The van der Waals surface area contributed by atoms with Gasteiger partial charge in [-0.15, -0.1) is 11.3 Å². The van der Waals surface area contributed by atoms with E-state index in [-0.39, 0.29) is 11.7 Å². The molecule has 19 heavy (non-hydrogen) atoms. The molecule has 0 saturated carbocycles. The number of urea groups is 1. The largest absolute Gasteiger partial charge is 0.476 e. The van der Waals surface area contributed by atoms with Crippen LogP contribution >= 0.6 is 23.1 Å². The quantitative estimate of drug-likeness (QED) is 0.709. The Labute approximate surface area is 120 Å². The van der Waals surface area contributed by atoms with Gasteiger partial charge in [-0.05, 0) is 6.26 Å². The zero-order valence-corrected chi connectivity index (χ0v) is 12.4. The molecule has 8 heteroatoms. The van der Waals surface area contributed by atoms with Crippen molar-refractivity contribution in [3.63, 3.8) is 0 Å². The molecule has 1 heterocycles. The second-order valence-electron chi connectivity index (χ2n) is 3.86. The molecule has 3 N–H and O–H groups in total. The predicted octanol–water partition coefficient (Wildman–Crippen LogP) is 1.43. The Morgan fingerprint density at radius 1 is 1.53 bits per heavy atom. The van der Waals surface area contributed by atoms with Crippen molar-refractivity contribution in [2.24, 2.45) is 0 Å². The molecule has 0 fully saturated rings. The molecule has 0 aliphatic heterocycles. The number of nitrogens with one attached hydrogen (secondary N) is 2. The lowest BCUT2D eigenvalue weighted by molar-refractivity contribution is 0.0691. The van der Waals surface area contributed by atoms with Crippen molar-refractivity contribution in [2.45, 2.75) is 18.6 Å². The minimum atomic E-state index is -1.03. The van der Waals surface area contributed by atoms with Crippen LogP contribution in [0.3, 0.4) is 0 Å². The number of carbonyl (C=O) groups is 2. The summed E-state index contributed by atoms with van der Waals surface area (Å²) in [5, 5.41) is 16.8. The summed E-state index contributed by atoms with van der Waals surface area (Å²) in [4.78, 5) is 26.0. The third kappa shape index (κ3) is 5.93. The summed E-state index contributed by atoms with van der Waals surface area (Å²) in [7, 11) is 0. The van der Waals surface area contributed by atoms with E-state index in [4.69, 9.17) is 5.11 Å². The van der Waals surface area contributed by atoms with E-state index in [9.17, 15) is 9.59 Å². The smallest absolute Gasteiger partial charge is 0.355 e. The molecule has 0 spiro atoms. The number of thiazole rings is 1. The summed E-state index contributed by atoms with van der Waals surface area (Å²) in [5.41, 5.74) is 0.0539. The van der Waals surface area contributed by atoms with Crippen LogP contribution in [0.15, 0.2) is 5.38 Å². The highest BCUT2D eigenvalue weighted by atomic mass is 32.2. The van der Waals surface area contributed by atoms with Gasteiger partial charge >= 0.3 is 12.0 Å². The highest BCUT2D eigenvalue weighted by Gasteiger charge is 2.09. The van der Waals surface area contributed by atoms with E-state index in [0.29, 0.717) is 29.8 Å². The van der Waals surface area contributed by atoms with Crippen molar-refractivity contribution in [1.82, 2.24) is 15.6 Å². The number of amides is 2. The van der Waals surface area contributed by atoms with Gasteiger partial charge in [0.25, 0.3) is 0 Å². The van der Waals surface area contributed by atoms with E-state index in [1.807, 2.05) is 13.2 Å². The Bertz CT molecular complexity index is 437. The van der Waals surface area contributed by atoms with Crippen molar-refractivity contribution in [3.05, 3.63) is 16.1 Å². The van der Waals surface area contributed by atoms with Gasteiger partial charge < -0.3 is 15.7 Å². The van der Waals surface area contributed by atoms with Crippen LogP contribution in [0.4, 0.5) is 4.79 Å². The normalized spacial score (nSPS) is 11.9. The van der Waals surface area contributed by atoms with Gasteiger partial charge in [0.2, 0.25) is 0 Å². The van der Waals surface area contributed by atoms with Crippen LogP contribution in [-0.4, -0.2) is 46.7 Å². The first-order valence-electron chi connectivity index (χ1n) is 5.75. The molecule has 0 saturated heterocycles. The number of hydrogen-bond donors (Lipinski definition) is 3. The maximum Gasteiger partial charge on any atom is 0.355 e. The van der Waals surface area contributed by atoms with E-state index in [2.05, 4.69) is 15.6 Å². The second-order valence-corrected chi connectivity index (χ2v) is 6.08. The van der Waals surface area contributed by atoms with E-state index in [1.165, 1.54) is 16.7 Å². The average molecular weight is 303 g/mol. The lowest BCUT2D eigenvalue weighted by atomic mass is 10.4. The molecular formula is C11H17N3O3S2. The zero-order valence-electron chi connectivity index (χ0n) is 10.8. The average Bonchev–Trinajstić information content (AvgIpc) is 2.85. The van der Waals surface area contributed by atoms with Crippen molar-refractivity contribution >= 4 is 35.1 Å². The van der Waals surface area contributed by atoms with Gasteiger partial charge in [-0.25, -0.2) is 14.6 Å². The van der Waals surface area contributed by atoms with Gasteiger partial charge in [0, 0.05) is 30.1 Å². The third-order valence-electron chi connectivity index (χ3n) is 2.35. The molecule has 1 atom stereocenters. The monoisotopic (exact) mass is 303 g/mol. The number of aromatic carboxylic acids is 1. The number of hydrogen-bond acceptors (Lipinski definition) is 5. The molecule has 6 nitrogen and oxygen atoms in total. The number of carboxylic acid groups (broad SMARTS) is 1. The number of carbonyl (C=O) groups excluding carboxylic acids is 1. The minimum absolute atomic E-state index is 0.0539. The van der Waals surface area contributed by atoms with Crippen molar-refractivity contribution in [3.8, 4) is 0 Å². The summed E-state index contributed by atoms with van der Waals surface area (Å²) < 4.78 is 0. The standard InChI is InChI=1S/C11H17N3O3S2/c1-7(18-2)5-13-11(17)12-4-3-9-14-8(6-19-9)10(15)16/h6-7H,3-5H2,1-2H3,(H,15,16)(H2,12,13,17). The van der Waals surface area contributed by atoms with Gasteiger partial charge in [-0.1, -0.05) is 6.92 Å². The molecule has 106 valence electrons. The maximum absolute atomic E-state index is 11.4. The first-order chi connectivity index (χ1) is 9.02. The first kappa shape index (κ1) is 15.8. The van der Waals surface area contributed by atoms with E-state index < -0.39 is 5.97 Å². The fraction of sp³-hybridized carbons (Fsp3) is 0.545. The van der Waals surface area contributed by atoms with E-state index in [1.54, 1.807) is 11.8 Å². The van der Waals surface area contributed by atoms with Crippen LogP contribution in [0.5, 0.6) is 0 Å². The molecule has 0 aromatic carbocycles. The summed E-state index contributed by atoms with van der Waals surface area (Å²) in [6, 6.07) is -0.212. The molecule has 0 aliphatic carbocycles. The maximum atomic E-state index is 11.4. The van der Waals surface area contributed by atoms with Crippen LogP contribution in [-0.2, 0) is 6.42 Å². The van der Waals surface area contributed by atoms with Gasteiger partial charge in [-0.2, -0.15) is 11.8 Å². The number of rotatable bonds is 7. The van der Waals surface area contributed by atoms with Crippen LogP contribution in [0, 0.1) is 0 Å². The summed E-state index contributed by atoms with van der Waals surface area (Å²) in [6.45, 7) is 3.09. The van der Waals surface area contributed by atoms with E-state index in [0.717, 1.165) is 0 Å². The van der Waals surface area contributed by atoms with Crippen molar-refractivity contribution in [1.29, 1.82) is 0 Å². The van der Waals surface area contributed by atoms with Crippen molar-refractivity contribution < 1.29 is 14.7 Å². The highest BCUT2D eigenvalue weighted by molar-refractivity contribution is 7.99. The number of nitrogens with zero attached hydrogens (tertiary/aromatic N) is 1. The summed E-state index contributed by atoms with van der Waals surface area (Å²) in [6.07, 6.45) is 2.52. The lowest BCUT2D eigenvalue weighted by Crippen LogP contribution is -2.39. The number of carboxylic acids is 1. The van der Waals surface area contributed by atoms with Crippen molar-refractivity contribution in [2.75, 3.05) is 19.3 Å². The second kappa shape index (κ2) is 8.00. The molecular weight excluding hydrogens is 286 g/mol. The molecule has 1 unspecified atom stereocenters. The molecule has 0 bridgehead atoms. The predicted molar refractivity (Wildman–Crippen MR) is 77.2 cm³/mol. The van der Waals surface area contributed by atoms with Crippen LogP contribution in [0.1, 0.15) is 22.4 Å². The van der Waals surface area contributed by atoms with Gasteiger partial charge in [0.15, 0.2) is 5.69 Å². The number of aromatic nitrogens is 1. The van der Waals surface area contributed by atoms with Crippen LogP contribution in [0.25, 0.3) is 0 Å². The summed E-state index contributed by atoms with van der Waals surface area (Å²) >= 11 is 2.97. The minimum Gasteiger partial charge on any atom is -0.476 e. The first-order valence-corrected chi connectivity index (χ1v) is 7.92. The van der Waals surface area contributed by atoms with Gasteiger partial charge in [0.05, 0.1) is 5.01 Å². The van der Waals surface area contributed by atoms with Gasteiger partial charge in [0.1, 0.15) is 0 Å². The third-order valence-corrected chi connectivity index (χ3v) is 4.23. The lowest BCUT2D eigenvalue weighted by Gasteiger charge is -2.10. The Morgan fingerprint density at radius 3 is 2.84 bits per heavy atom. The molecule has 0 aliphatic rings. The molecule has 1 aromatic rings. The number of thioether (sulfide) groups is 1. The SMILES string of the molecule is CSC(C)CNC(=O)NCCc1nc(C(=O)O)cs1. The fourth-order valence-corrected chi connectivity index (χ4v) is 2.21. The molecule has 1 rings (SSSR count). The Balaban J connectivity index is 2.22. The summed E-state index contributed by atoms with van der Waals surface area (Å²) in [5.74, 6) is -1.03. The molecule has 0 radical (unpaired) electrons. The Hall–Kier alpha value is -1.28. The fourth-order valence-electron chi connectivity index (χ4n) is 1.19. The molecule has 1 aromatic heterocycles. The Kier molecular flexibility index (Phi) is 6.65.